The first-order chi connectivity index (χ1) is 13.4. The van der Waals surface area contributed by atoms with Crippen LogP contribution in [-0.2, 0) is 25.4 Å². The number of rotatable bonds is 10. The van der Waals surface area contributed by atoms with Crippen molar-refractivity contribution in [3.8, 4) is 11.3 Å². The molecule has 0 amide bonds. The topological polar surface area (TPSA) is 75.0 Å². The van der Waals surface area contributed by atoms with Crippen molar-refractivity contribution in [3.05, 3.63) is 46.7 Å². The van der Waals surface area contributed by atoms with Crippen molar-refractivity contribution >= 4 is 11.8 Å². The van der Waals surface area contributed by atoms with Crippen LogP contribution in [0.3, 0.4) is 0 Å². The van der Waals surface area contributed by atoms with Crippen LogP contribution >= 0.6 is 0 Å². The largest absolute Gasteiger partial charge is 0.462 e. The van der Waals surface area contributed by atoms with Gasteiger partial charge in [-0.3, -0.25) is 4.79 Å². The van der Waals surface area contributed by atoms with Gasteiger partial charge in [0.2, 0.25) is 6.29 Å². The van der Waals surface area contributed by atoms with E-state index in [1.807, 2.05) is 31.2 Å². The van der Waals surface area contributed by atoms with Gasteiger partial charge < -0.3 is 18.6 Å². The molecule has 0 aliphatic heterocycles. The zero-order valence-corrected chi connectivity index (χ0v) is 17.2. The van der Waals surface area contributed by atoms with Gasteiger partial charge in [0, 0.05) is 30.8 Å². The number of carbonyl (C=O) groups is 2. The molecule has 6 heteroatoms. The zero-order valence-electron chi connectivity index (χ0n) is 17.2. The van der Waals surface area contributed by atoms with Gasteiger partial charge in [-0.2, -0.15) is 0 Å². The van der Waals surface area contributed by atoms with E-state index >= 15 is 0 Å². The van der Waals surface area contributed by atoms with Crippen molar-refractivity contribution < 1.29 is 28.2 Å². The standard InChI is InChI=1S/C22H28O6/c1-6-25-21(24)19-15(5)28-20(16-11-9-14(4)10-12-16)17(19)13-18(23)22(26-7-2)27-8-3/h9-12,22H,6-8,13H2,1-5H3. The van der Waals surface area contributed by atoms with E-state index in [1.165, 1.54) is 0 Å². The Balaban J connectivity index is 2.49. The van der Waals surface area contributed by atoms with Gasteiger partial charge in [0.25, 0.3) is 0 Å². The highest BCUT2D eigenvalue weighted by Gasteiger charge is 2.29. The number of ether oxygens (including phenoxy) is 3. The predicted molar refractivity (Wildman–Crippen MR) is 105 cm³/mol. The maximum Gasteiger partial charge on any atom is 0.342 e. The van der Waals surface area contributed by atoms with Crippen molar-refractivity contribution in [3.63, 3.8) is 0 Å². The molecule has 0 N–H and O–H groups in total. The number of esters is 1. The third kappa shape index (κ3) is 5.09. The van der Waals surface area contributed by atoms with Crippen molar-refractivity contribution in [1.82, 2.24) is 0 Å². The minimum Gasteiger partial charge on any atom is -0.462 e. The molecule has 1 aromatic heterocycles. The molecular weight excluding hydrogens is 360 g/mol. The fraction of sp³-hybridized carbons (Fsp3) is 0.455. The van der Waals surface area contributed by atoms with E-state index in [0.717, 1.165) is 11.1 Å². The summed E-state index contributed by atoms with van der Waals surface area (Å²) >= 11 is 0. The molecule has 2 aromatic rings. The van der Waals surface area contributed by atoms with E-state index in [-0.39, 0.29) is 24.4 Å². The van der Waals surface area contributed by atoms with Gasteiger partial charge in [0.05, 0.1) is 6.61 Å². The van der Waals surface area contributed by atoms with Gasteiger partial charge in [-0.1, -0.05) is 29.8 Å². The summed E-state index contributed by atoms with van der Waals surface area (Å²) in [7, 11) is 0. The van der Waals surface area contributed by atoms with E-state index in [0.29, 0.717) is 30.3 Å². The van der Waals surface area contributed by atoms with Crippen LogP contribution in [0, 0.1) is 13.8 Å². The van der Waals surface area contributed by atoms with E-state index in [2.05, 4.69) is 0 Å². The lowest BCUT2D eigenvalue weighted by Crippen LogP contribution is -2.29. The van der Waals surface area contributed by atoms with Gasteiger partial charge in [-0.15, -0.1) is 0 Å². The highest BCUT2D eigenvalue weighted by molar-refractivity contribution is 5.97. The highest BCUT2D eigenvalue weighted by atomic mass is 16.7. The molecule has 6 nitrogen and oxygen atoms in total. The van der Waals surface area contributed by atoms with Crippen LogP contribution in [0.15, 0.2) is 28.7 Å². The maximum absolute atomic E-state index is 12.8. The minimum absolute atomic E-state index is 0.0562. The molecule has 0 spiro atoms. The molecular formula is C22H28O6. The molecule has 2 rings (SSSR count). The average molecular weight is 388 g/mol. The molecule has 1 heterocycles. The van der Waals surface area contributed by atoms with Crippen molar-refractivity contribution in [2.75, 3.05) is 19.8 Å². The van der Waals surface area contributed by atoms with Crippen molar-refractivity contribution in [1.29, 1.82) is 0 Å². The number of carbonyl (C=O) groups excluding carboxylic acids is 2. The molecule has 0 atom stereocenters. The lowest BCUT2D eigenvalue weighted by atomic mass is 9.98. The van der Waals surface area contributed by atoms with Gasteiger partial charge in [-0.25, -0.2) is 4.79 Å². The number of aryl methyl sites for hydroxylation is 2. The molecule has 152 valence electrons. The van der Waals surface area contributed by atoms with Crippen LogP contribution in [0.1, 0.15) is 48.0 Å². The number of benzene rings is 1. The van der Waals surface area contributed by atoms with Crippen LogP contribution in [0.2, 0.25) is 0 Å². The molecule has 0 fully saturated rings. The van der Waals surface area contributed by atoms with Crippen LogP contribution in [0.25, 0.3) is 11.3 Å². The fourth-order valence-electron chi connectivity index (χ4n) is 2.96. The summed E-state index contributed by atoms with van der Waals surface area (Å²) in [4.78, 5) is 25.4. The second-order valence-electron chi connectivity index (χ2n) is 6.31. The Morgan fingerprint density at radius 2 is 1.57 bits per heavy atom. The number of hydrogen-bond donors (Lipinski definition) is 0. The molecule has 0 aliphatic carbocycles. The summed E-state index contributed by atoms with van der Waals surface area (Å²) in [6.45, 7) is 9.93. The van der Waals surface area contributed by atoms with Gasteiger partial charge in [0.1, 0.15) is 17.1 Å². The lowest BCUT2D eigenvalue weighted by molar-refractivity contribution is -0.167. The smallest absolute Gasteiger partial charge is 0.342 e. The Morgan fingerprint density at radius 1 is 0.964 bits per heavy atom. The number of ketones is 1. The zero-order chi connectivity index (χ0) is 20.7. The van der Waals surface area contributed by atoms with E-state index in [4.69, 9.17) is 18.6 Å². The maximum atomic E-state index is 12.8. The average Bonchev–Trinajstić information content (AvgIpc) is 2.98. The molecule has 0 saturated carbocycles. The molecule has 28 heavy (non-hydrogen) atoms. The Kier molecular flexibility index (Phi) is 7.96. The molecule has 0 bridgehead atoms. The normalized spacial score (nSPS) is 11.1. The third-order valence-corrected chi connectivity index (χ3v) is 4.23. The fourth-order valence-corrected chi connectivity index (χ4v) is 2.96. The van der Waals surface area contributed by atoms with E-state index in [1.54, 1.807) is 27.7 Å². The Bertz CT molecular complexity index is 797. The molecule has 0 radical (unpaired) electrons. The summed E-state index contributed by atoms with van der Waals surface area (Å²) in [5, 5.41) is 0. The quantitative estimate of drug-likeness (QED) is 0.447. The summed E-state index contributed by atoms with van der Waals surface area (Å²) < 4.78 is 21.9. The highest BCUT2D eigenvalue weighted by Crippen LogP contribution is 2.33. The first-order valence-electron chi connectivity index (χ1n) is 9.55. The SMILES string of the molecule is CCOC(=O)c1c(C)oc(-c2ccc(C)cc2)c1CC(=O)C(OCC)OCC. The van der Waals surface area contributed by atoms with Gasteiger partial charge in [-0.05, 0) is 34.6 Å². The summed E-state index contributed by atoms with van der Waals surface area (Å²) in [6, 6.07) is 7.70. The van der Waals surface area contributed by atoms with Crippen LogP contribution in [0.4, 0.5) is 0 Å². The summed E-state index contributed by atoms with van der Waals surface area (Å²) in [5.41, 5.74) is 2.67. The Morgan fingerprint density at radius 3 is 2.11 bits per heavy atom. The summed E-state index contributed by atoms with van der Waals surface area (Å²) in [5.74, 6) is 0.125. The number of hydrogen-bond acceptors (Lipinski definition) is 6. The van der Waals surface area contributed by atoms with Crippen molar-refractivity contribution in [2.24, 2.45) is 0 Å². The second-order valence-corrected chi connectivity index (χ2v) is 6.31. The van der Waals surface area contributed by atoms with E-state index in [9.17, 15) is 9.59 Å². The summed E-state index contributed by atoms with van der Waals surface area (Å²) in [6.07, 6.45) is -1.04. The van der Waals surface area contributed by atoms with Crippen LogP contribution in [0.5, 0.6) is 0 Å². The van der Waals surface area contributed by atoms with Gasteiger partial charge >= 0.3 is 5.97 Å². The Hall–Kier alpha value is -2.44. The van der Waals surface area contributed by atoms with Gasteiger partial charge in [0.15, 0.2) is 5.78 Å². The number of Topliss-reactive ketones (excluding diaryl/α,β-unsaturated/α-hetero) is 1. The monoisotopic (exact) mass is 388 g/mol. The number of furan rings is 1. The van der Waals surface area contributed by atoms with Crippen LogP contribution < -0.4 is 0 Å². The molecule has 0 saturated heterocycles. The van der Waals surface area contributed by atoms with Crippen LogP contribution in [-0.4, -0.2) is 37.9 Å². The molecule has 0 unspecified atom stereocenters. The predicted octanol–water partition coefficient (Wildman–Crippen LogP) is 4.25. The second kappa shape index (κ2) is 10.2. The first-order valence-corrected chi connectivity index (χ1v) is 9.55. The lowest BCUT2D eigenvalue weighted by Gasteiger charge is -2.16. The minimum atomic E-state index is -0.980. The van der Waals surface area contributed by atoms with Crippen molar-refractivity contribution in [2.45, 2.75) is 47.3 Å². The van der Waals surface area contributed by atoms with E-state index < -0.39 is 12.3 Å². The first kappa shape index (κ1) is 21.9. The molecule has 0 aliphatic rings. The molecule has 1 aromatic carbocycles. The Labute approximate surface area is 165 Å². The third-order valence-electron chi connectivity index (χ3n) is 4.23.